The van der Waals surface area contributed by atoms with Gasteiger partial charge < -0.3 is 18.6 Å². The number of hydrogen-bond donors (Lipinski definition) is 0. The Hall–Kier alpha value is -3.28. The van der Waals surface area contributed by atoms with Gasteiger partial charge in [0.1, 0.15) is 23.7 Å². The highest BCUT2D eigenvalue weighted by molar-refractivity contribution is 5.81. The van der Waals surface area contributed by atoms with E-state index in [4.69, 9.17) is 18.6 Å². The number of esters is 1. The highest BCUT2D eigenvalue weighted by Crippen LogP contribution is 2.25. The van der Waals surface area contributed by atoms with E-state index in [-0.39, 0.29) is 13.2 Å². The second-order valence-corrected chi connectivity index (χ2v) is 6.63. The minimum Gasteiger partial charge on any atom is -0.497 e. The van der Waals surface area contributed by atoms with Crippen LogP contribution in [0, 0.1) is 20.8 Å². The number of aryl methyl sites for hydroxylation is 3. The summed E-state index contributed by atoms with van der Waals surface area (Å²) in [6.45, 7) is 5.61. The van der Waals surface area contributed by atoms with Crippen LogP contribution in [0.3, 0.4) is 0 Å². The van der Waals surface area contributed by atoms with Crippen molar-refractivity contribution < 1.29 is 23.4 Å². The van der Waals surface area contributed by atoms with Gasteiger partial charge in [-0.2, -0.15) is 0 Å². The first-order valence-electron chi connectivity index (χ1n) is 8.84. The number of rotatable bonds is 6. The van der Waals surface area contributed by atoms with Gasteiger partial charge >= 0.3 is 11.6 Å². The standard InChI is InChI=1S/C22H22O6/c1-13-7-14(2)22(15(3)8-13)27-12-21(24)26-11-16-9-20(23)28-19-10-17(25-4)5-6-18(16)19/h5-10H,11-12H2,1-4H3. The van der Waals surface area contributed by atoms with E-state index in [0.29, 0.717) is 28.0 Å². The monoisotopic (exact) mass is 382 g/mol. The highest BCUT2D eigenvalue weighted by atomic mass is 16.6. The minimum absolute atomic E-state index is 0.0531. The number of hydrogen-bond acceptors (Lipinski definition) is 6. The highest BCUT2D eigenvalue weighted by Gasteiger charge is 2.12. The Morgan fingerprint density at radius 1 is 1.04 bits per heavy atom. The van der Waals surface area contributed by atoms with Gasteiger partial charge in [0.2, 0.25) is 0 Å². The van der Waals surface area contributed by atoms with E-state index in [2.05, 4.69) is 0 Å². The molecule has 0 spiro atoms. The van der Waals surface area contributed by atoms with Crippen molar-refractivity contribution in [3.63, 3.8) is 0 Å². The van der Waals surface area contributed by atoms with E-state index in [1.54, 1.807) is 18.2 Å². The maximum Gasteiger partial charge on any atom is 0.344 e. The Morgan fingerprint density at radius 3 is 2.43 bits per heavy atom. The summed E-state index contributed by atoms with van der Waals surface area (Å²) in [5.74, 6) is 0.733. The quantitative estimate of drug-likeness (QED) is 0.476. The van der Waals surface area contributed by atoms with Gasteiger partial charge in [-0.25, -0.2) is 9.59 Å². The fourth-order valence-electron chi connectivity index (χ4n) is 3.18. The Balaban J connectivity index is 1.69. The van der Waals surface area contributed by atoms with Crippen molar-refractivity contribution in [3.8, 4) is 11.5 Å². The summed E-state index contributed by atoms with van der Waals surface area (Å²) in [5.41, 5.74) is 3.48. The summed E-state index contributed by atoms with van der Waals surface area (Å²) >= 11 is 0. The van der Waals surface area contributed by atoms with Crippen LogP contribution in [-0.4, -0.2) is 19.7 Å². The number of carbonyl (C=O) groups is 1. The second-order valence-electron chi connectivity index (χ2n) is 6.63. The molecule has 0 saturated heterocycles. The van der Waals surface area contributed by atoms with Crippen molar-refractivity contribution in [1.29, 1.82) is 0 Å². The molecule has 0 aliphatic heterocycles. The zero-order chi connectivity index (χ0) is 20.3. The van der Waals surface area contributed by atoms with Gasteiger partial charge in [0.25, 0.3) is 0 Å². The average molecular weight is 382 g/mol. The molecule has 0 fully saturated rings. The molecule has 3 aromatic rings. The van der Waals surface area contributed by atoms with Crippen molar-refractivity contribution in [2.75, 3.05) is 13.7 Å². The predicted molar refractivity (Wildman–Crippen MR) is 105 cm³/mol. The lowest BCUT2D eigenvalue weighted by atomic mass is 10.1. The Bertz CT molecular complexity index is 1060. The van der Waals surface area contributed by atoms with Crippen LogP contribution in [0.2, 0.25) is 0 Å². The van der Waals surface area contributed by atoms with Crippen LogP contribution in [0.25, 0.3) is 11.0 Å². The van der Waals surface area contributed by atoms with Crippen molar-refractivity contribution in [2.24, 2.45) is 0 Å². The Kier molecular flexibility index (Phi) is 5.68. The Labute approximate surface area is 162 Å². The number of benzene rings is 2. The average Bonchev–Trinajstić information content (AvgIpc) is 2.64. The summed E-state index contributed by atoms with van der Waals surface area (Å²) in [6, 6.07) is 10.4. The molecule has 0 aliphatic carbocycles. The first-order valence-corrected chi connectivity index (χ1v) is 8.84. The molecule has 0 atom stereocenters. The van der Waals surface area contributed by atoms with Crippen molar-refractivity contribution in [3.05, 3.63) is 69.1 Å². The van der Waals surface area contributed by atoms with Gasteiger partial charge in [-0.3, -0.25) is 0 Å². The van der Waals surface area contributed by atoms with E-state index in [0.717, 1.165) is 16.7 Å². The summed E-state index contributed by atoms with van der Waals surface area (Å²) in [5, 5.41) is 0.680. The Morgan fingerprint density at radius 2 is 1.75 bits per heavy atom. The molecule has 0 saturated carbocycles. The third-order valence-corrected chi connectivity index (χ3v) is 4.37. The second kappa shape index (κ2) is 8.17. The third-order valence-electron chi connectivity index (χ3n) is 4.37. The van der Waals surface area contributed by atoms with Gasteiger partial charge in [0.15, 0.2) is 6.61 Å². The van der Waals surface area contributed by atoms with Gasteiger partial charge in [-0.1, -0.05) is 17.7 Å². The number of fused-ring (bicyclic) bond motifs is 1. The normalized spacial score (nSPS) is 10.7. The van der Waals surface area contributed by atoms with E-state index >= 15 is 0 Å². The molecule has 0 aliphatic rings. The van der Waals surface area contributed by atoms with Gasteiger partial charge in [-0.05, 0) is 44.0 Å². The van der Waals surface area contributed by atoms with Crippen LogP contribution in [0.5, 0.6) is 11.5 Å². The smallest absolute Gasteiger partial charge is 0.344 e. The minimum atomic E-state index is -0.519. The SMILES string of the molecule is COc1ccc2c(COC(=O)COc3c(C)cc(C)cc3C)cc(=O)oc2c1. The molecule has 3 rings (SSSR count). The lowest BCUT2D eigenvalue weighted by Gasteiger charge is -2.13. The van der Waals surface area contributed by atoms with E-state index in [1.165, 1.54) is 13.2 Å². The van der Waals surface area contributed by atoms with Crippen molar-refractivity contribution in [2.45, 2.75) is 27.4 Å². The summed E-state index contributed by atoms with van der Waals surface area (Å²) in [7, 11) is 1.53. The van der Waals surface area contributed by atoms with Crippen LogP contribution >= 0.6 is 0 Å². The van der Waals surface area contributed by atoms with E-state index in [9.17, 15) is 9.59 Å². The summed E-state index contributed by atoms with van der Waals surface area (Å²) in [4.78, 5) is 23.9. The van der Waals surface area contributed by atoms with Crippen LogP contribution in [0.15, 0.2) is 45.6 Å². The molecule has 0 unspecified atom stereocenters. The largest absolute Gasteiger partial charge is 0.497 e. The number of ether oxygens (including phenoxy) is 3. The zero-order valence-corrected chi connectivity index (χ0v) is 16.3. The zero-order valence-electron chi connectivity index (χ0n) is 16.3. The van der Waals surface area contributed by atoms with Gasteiger partial charge in [0.05, 0.1) is 7.11 Å². The lowest BCUT2D eigenvalue weighted by molar-refractivity contribution is -0.147. The van der Waals surface area contributed by atoms with Gasteiger partial charge in [-0.15, -0.1) is 0 Å². The summed E-state index contributed by atoms with van der Waals surface area (Å²) < 4.78 is 21.3. The lowest BCUT2D eigenvalue weighted by Crippen LogP contribution is -2.16. The molecule has 6 nitrogen and oxygen atoms in total. The molecule has 146 valence electrons. The molecule has 0 N–H and O–H groups in total. The maximum absolute atomic E-state index is 12.1. The third kappa shape index (κ3) is 4.34. The van der Waals surface area contributed by atoms with E-state index in [1.807, 2.05) is 32.9 Å². The summed E-state index contributed by atoms with van der Waals surface area (Å²) in [6.07, 6.45) is 0. The molecule has 1 heterocycles. The first-order chi connectivity index (χ1) is 13.4. The number of methoxy groups -OCH3 is 1. The van der Waals surface area contributed by atoms with E-state index < -0.39 is 11.6 Å². The van der Waals surface area contributed by atoms with Crippen molar-refractivity contribution >= 4 is 16.9 Å². The van der Waals surface area contributed by atoms with Crippen LogP contribution in [0.1, 0.15) is 22.3 Å². The molecular weight excluding hydrogens is 360 g/mol. The maximum atomic E-state index is 12.1. The number of carbonyl (C=O) groups excluding carboxylic acids is 1. The molecular formula is C22H22O6. The molecule has 1 aromatic heterocycles. The first kappa shape index (κ1) is 19.5. The predicted octanol–water partition coefficient (Wildman–Crippen LogP) is 3.85. The fraction of sp³-hybridized carbons (Fsp3) is 0.273. The molecule has 0 amide bonds. The molecule has 0 bridgehead atoms. The van der Waals surface area contributed by atoms with Crippen LogP contribution in [0.4, 0.5) is 0 Å². The molecule has 0 radical (unpaired) electrons. The van der Waals surface area contributed by atoms with Crippen LogP contribution in [-0.2, 0) is 16.1 Å². The molecule has 6 heteroatoms. The molecule has 28 heavy (non-hydrogen) atoms. The van der Waals surface area contributed by atoms with Gasteiger partial charge in [0, 0.05) is 23.1 Å². The molecule has 2 aromatic carbocycles. The topological polar surface area (TPSA) is 75.0 Å². The van der Waals surface area contributed by atoms with Crippen LogP contribution < -0.4 is 15.1 Å². The fourth-order valence-corrected chi connectivity index (χ4v) is 3.18. The van der Waals surface area contributed by atoms with Crippen molar-refractivity contribution in [1.82, 2.24) is 0 Å².